The van der Waals surface area contributed by atoms with Crippen LogP contribution in [-0.4, -0.2) is 11.7 Å². The van der Waals surface area contributed by atoms with Crippen molar-refractivity contribution in [2.24, 2.45) is 0 Å². The van der Waals surface area contributed by atoms with E-state index in [0.717, 1.165) is 23.1 Å². The highest BCUT2D eigenvalue weighted by atomic mass is 35.5. The molecular weight excluding hydrogens is 258 g/mol. The van der Waals surface area contributed by atoms with Gasteiger partial charge in [0.25, 0.3) is 0 Å². The Morgan fingerprint density at radius 3 is 2.71 bits per heavy atom. The third-order valence-electron chi connectivity index (χ3n) is 2.35. The average molecular weight is 272 g/mol. The monoisotopic (exact) mass is 271 g/mol. The van der Waals surface area contributed by atoms with E-state index in [4.69, 9.17) is 21.1 Å². The van der Waals surface area contributed by atoms with Gasteiger partial charge in [-0.1, -0.05) is 11.6 Å². The fourth-order valence-corrected chi connectivity index (χ4v) is 2.60. The maximum atomic E-state index is 8.85. The second-order valence-electron chi connectivity index (χ2n) is 3.66. The molecule has 0 radical (unpaired) electrons. The summed E-state index contributed by atoms with van der Waals surface area (Å²) in [4.78, 5) is 1.28. The first-order chi connectivity index (χ1) is 8.28. The van der Waals surface area contributed by atoms with E-state index in [9.17, 15) is 0 Å². The van der Waals surface area contributed by atoms with Crippen LogP contribution < -0.4 is 5.32 Å². The Morgan fingerprint density at radius 1 is 1.24 bits per heavy atom. The van der Waals surface area contributed by atoms with Crippen LogP contribution in [0.5, 0.6) is 0 Å². The van der Waals surface area contributed by atoms with Gasteiger partial charge in [-0.05, 0) is 30.7 Å². The molecule has 2 aromatic rings. The minimum atomic E-state index is -0.0479. The molecule has 2 aromatic heterocycles. The van der Waals surface area contributed by atoms with Gasteiger partial charge in [-0.2, -0.15) is 0 Å². The summed E-state index contributed by atoms with van der Waals surface area (Å²) in [6, 6.07) is 7.63. The molecule has 2 rings (SSSR count). The van der Waals surface area contributed by atoms with Gasteiger partial charge in [-0.15, -0.1) is 11.3 Å². The predicted molar refractivity (Wildman–Crippen MR) is 69.4 cm³/mol. The van der Waals surface area contributed by atoms with E-state index in [1.165, 1.54) is 4.88 Å². The normalized spacial score (nSPS) is 10.9. The van der Waals surface area contributed by atoms with Gasteiger partial charge in [0.2, 0.25) is 0 Å². The minimum absolute atomic E-state index is 0.0479. The number of nitrogens with one attached hydrogen (secondary N) is 1. The molecule has 0 aliphatic carbocycles. The van der Waals surface area contributed by atoms with E-state index in [1.807, 2.05) is 18.2 Å². The quantitative estimate of drug-likeness (QED) is 0.794. The van der Waals surface area contributed by atoms with E-state index >= 15 is 0 Å². The van der Waals surface area contributed by atoms with E-state index in [1.54, 1.807) is 17.4 Å². The van der Waals surface area contributed by atoms with Crippen LogP contribution in [0.1, 0.15) is 16.4 Å². The van der Waals surface area contributed by atoms with E-state index in [-0.39, 0.29) is 6.61 Å². The first-order valence-electron chi connectivity index (χ1n) is 5.41. The molecule has 0 bridgehead atoms. The Bertz CT molecular complexity index is 467. The van der Waals surface area contributed by atoms with Crippen molar-refractivity contribution in [2.75, 3.05) is 6.54 Å². The summed E-state index contributed by atoms with van der Waals surface area (Å²) in [5.74, 6) is 1.45. The smallest absolute Gasteiger partial charge is 0.129 e. The number of aliphatic hydroxyl groups excluding tert-OH is 1. The zero-order valence-corrected chi connectivity index (χ0v) is 10.9. The van der Waals surface area contributed by atoms with Crippen LogP contribution in [0.3, 0.4) is 0 Å². The summed E-state index contributed by atoms with van der Waals surface area (Å²) in [5, 5.41) is 12.1. The molecule has 0 atom stereocenters. The van der Waals surface area contributed by atoms with Crippen molar-refractivity contribution in [2.45, 2.75) is 19.6 Å². The Balaban J connectivity index is 1.69. The van der Waals surface area contributed by atoms with E-state index in [2.05, 4.69) is 5.32 Å². The maximum absolute atomic E-state index is 8.85. The van der Waals surface area contributed by atoms with Crippen LogP contribution in [0.4, 0.5) is 0 Å². The second kappa shape index (κ2) is 6.21. The van der Waals surface area contributed by atoms with E-state index < -0.39 is 0 Å². The van der Waals surface area contributed by atoms with Crippen molar-refractivity contribution in [3.8, 4) is 0 Å². The van der Waals surface area contributed by atoms with Gasteiger partial charge in [-0.25, -0.2) is 0 Å². The lowest BCUT2D eigenvalue weighted by Gasteiger charge is -2.00. The molecule has 92 valence electrons. The van der Waals surface area contributed by atoms with Gasteiger partial charge in [0.1, 0.15) is 18.1 Å². The summed E-state index contributed by atoms with van der Waals surface area (Å²) < 4.78 is 6.19. The summed E-state index contributed by atoms with van der Waals surface area (Å²) in [6.45, 7) is 1.51. The molecule has 0 unspecified atom stereocenters. The van der Waals surface area contributed by atoms with Gasteiger partial charge in [0.15, 0.2) is 0 Å². The average Bonchev–Trinajstić information content (AvgIpc) is 2.93. The zero-order valence-electron chi connectivity index (χ0n) is 9.28. The molecule has 17 heavy (non-hydrogen) atoms. The SMILES string of the molecule is OCc1ccc(CNCCc2ccc(Cl)s2)o1. The summed E-state index contributed by atoms with van der Waals surface area (Å²) in [5.41, 5.74) is 0. The van der Waals surface area contributed by atoms with Crippen molar-refractivity contribution < 1.29 is 9.52 Å². The van der Waals surface area contributed by atoms with Crippen molar-refractivity contribution in [1.82, 2.24) is 5.32 Å². The topological polar surface area (TPSA) is 45.4 Å². The Hall–Kier alpha value is -0.810. The fraction of sp³-hybridized carbons (Fsp3) is 0.333. The Morgan fingerprint density at radius 2 is 2.06 bits per heavy atom. The standard InChI is InChI=1S/C12H14ClNO2S/c13-12-4-3-11(17-12)5-6-14-7-9-1-2-10(8-15)16-9/h1-4,14-15H,5-8H2. The highest BCUT2D eigenvalue weighted by molar-refractivity contribution is 7.16. The summed E-state index contributed by atoms with van der Waals surface area (Å²) in [6.07, 6.45) is 0.963. The molecule has 2 heterocycles. The summed E-state index contributed by atoms with van der Waals surface area (Å²) in [7, 11) is 0. The molecule has 0 saturated carbocycles. The molecule has 0 aliphatic rings. The second-order valence-corrected chi connectivity index (χ2v) is 5.46. The number of halogens is 1. The van der Waals surface area contributed by atoms with Crippen LogP contribution >= 0.6 is 22.9 Å². The maximum Gasteiger partial charge on any atom is 0.129 e. The lowest BCUT2D eigenvalue weighted by atomic mass is 10.3. The third-order valence-corrected chi connectivity index (χ3v) is 3.64. The molecule has 0 aromatic carbocycles. The first kappa shape index (κ1) is 12.6. The van der Waals surface area contributed by atoms with Gasteiger partial charge in [-0.3, -0.25) is 0 Å². The highest BCUT2D eigenvalue weighted by Gasteiger charge is 2.01. The molecule has 3 nitrogen and oxygen atoms in total. The van der Waals surface area contributed by atoms with Crippen LogP contribution in [0.25, 0.3) is 0 Å². The Labute approximate surface area is 109 Å². The lowest BCUT2D eigenvalue weighted by Crippen LogP contribution is -2.15. The number of aliphatic hydroxyl groups is 1. The van der Waals surface area contributed by atoms with Gasteiger partial charge >= 0.3 is 0 Å². The molecule has 0 fully saturated rings. The van der Waals surface area contributed by atoms with Crippen molar-refractivity contribution in [3.63, 3.8) is 0 Å². The molecule has 5 heteroatoms. The van der Waals surface area contributed by atoms with Crippen LogP contribution in [0.15, 0.2) is 28.7 Å². The highest BCUT2D eigenvalue weighted by Crippen LogP contribution is 2.21. The number of hydrogen-bond donors (Lipinski definition) is 2. The molecule has 0 saturated heterocycles. The van der Waals surface area contributed by atoms with Crippen molar-refractivity contribution in [3.05, 3.63) is 45.0 Å². The van der Waals surface area contributed by atoms with Crippen molar-refractivity contribution in [1.29, 1.82) is 0 Å². The molecule has 0 amide bonds. The summed E-state index contributed by atoms with van der Waals surface area (Å²) >= 11 is 7.46. The fourth-order valence-electron chi connectivity index (χ4n) is 1.51. The predicted octanol–water partition coefficient (Wildman–Crippen LogP) is 2.82. The van der Waals surface area contributed by atoms with Gasteiger partial charge < -0.3 is 14.8 Å². The van der Waals surface area contributed by atoms with Gasteiger partial charge in [0.05, 0.1) is 10.9 Å². The third kappa shape index (κ3) is 3.85. The van der Waals surface area contributed by atoms with Crippen LogP contribution in [-0.2, 0) is 19.6 Å². The number of furan rings is 1. The minimum Gasteiger partial charge on any atom is -0.462 e. The largest absolute Gasteiger partial charge is 0.462 e. The van der Waals surface area contributed by atoms with Crippen LogP contribution in [0.2, 0.25) is 4.34 Å². The molecule has 2 N–H and O–H groups in total. The number of rotatable bonds is 6. The van der Waals surface area contributed by atoms with Crippen LogP contribution in [0, 0.1) is 0 Å². The molecule has 0 spiro atoms. The molecule has 0 aliphatic heterocycles. The Kier molecular flexibility index (Phi) is 4.62. The first-order valence-corrected chi connectivity index (χ1v) is 6.61. The number of hydrogen-bond acceptors (Lipinski definition) is 4. The molecular formula is C12H14ClNO2S. The van der Waals surface area contributed by atoms with Crippen molar-refractivity contribution >= 4 is 22.9 Å². The van der Waals surface area contributed by atoms with Gasteiger partial charge in [0, 0.05) is 11.4 Å². The van der Waals surface area contributed by atoms with E-state index in [0.29, 0.717) is 12.3 Å². The number of thiophene rings is 1. The zero-order chi connectivity index (χ0) is 12.1. The lowest BCUT2D eigenvalue weighted by molar-refractivity contribution is 0.243.